The van der Waals surface area contributed by atoms with Crippen LogP contribution in [0, 0.1) is 17.8 Å². The molecular weight excluding hydrogens is 1570 g/mol. The fourth-order valence-corrected chi connectivity index (χ4v) is 24.7. The van der Waals surface area contributed by atoms with Crippen molar-refractivity contribution in [2.75, 3.05) is 19.8 Å². The van der Waals surface area contributed by atoms with Crippen LogP contribution in [-0.2, 0) is 70.4 Å². The Hall–Kier alpha value is -10.8. The van der Waals surface area contributed by atoms with Gasteiger partial charge in [-0.25, -0.2) is 28.8 Å². The van der Waals surface area contributed by atoms with E-state index in [9.17, 15) is 43.2 Å². The maximum Gasteiger partial charge on any atom is 0.419 e. The summed E-state index contributed by atoms with van der Waals surface area (Å²) < 4.78 is 54.2. The number of carbonyl (C=O) groups excluding carboxylic acids is 7. The molecule has 29 heteroatoms. The Morgan fingerprint density at radius 3 is 1.38 bits per heavy atom. The fraction of sp³-hybridized carbons (Fsp3) is 0.360. The molecule has 0 unspecified atom stereocenters. The van der Waals surface area contributed by atoms with Gasteiger partial charge >= 0.3 is 35.2 Å². The number of H-pyrrole nitrogens is 1. The van der Waals surface area contributed by atoms with Crippen molar-refractivity contribution in [1.82, 2.24) is 28.8 Å². The monoisotopic (exact) mass is 1670 g/mol. The Labute approximate surface area is 687 Å². The smallest absolute Gasteiger partial charge is 0.419 e. The molecule has 6 aromatic carbocycles. The van der Waals surface area contributed by atoms with Gasteiger partial charge in [0.1, 0.15) is 36.6 Å². The number of benzene rings is 6. The summed E-state index contributed by atoms with van der Waals surface area (Å²) in [5.74, 6) is -5.54. The number of oxazole rings is 3. The van der Waals surface area contributed by atoms with Crippen molar-refractivity contribution in [3.8, 4) is 0 Å². The number of ether oxygens (including phenoxy) is 3. The van der Waals surface area contributed by atoms with E-state index in [2.05, 4.69) is 97.9 Å². The van der Waals surface area contributed by atoms with E-state index in [1.165, 1.54) is 32.3 Å². The number of fused-ring (bicyclic) bond motifs is 5. The first kappa shape index (κ1) is 86.5. The minimum Gasteiger partial charge on any atom is -0.457 e. The first-order valence-corrected chi connectivity index (χ1v) is 50.9. The van der Waals surface area contributed by atoms with Crippen LogP contribution in [-0.4, -0.2) is 157 Å². The van der Waals surface area contributed by atoms with Gasteiger partial charge in [0.05, 0.1) is 70.7 Å². The summed E-state index contributed by atoms with van der Waals surface area (Å²) in [5, 5.41) is 2.39. The normalized spacial score (nSPS) is 19.4. The Bertz CT molecular complexity index is 5670. The highest BCUT2D eigenvalue weighted by Gasteiger charge is 2.61. The minimum absolute atomic E-state index is 0.0506. The molecule has 0 bridgehead atoms. The number of aromatic nitrogens is 3. The van der Waals surface area contributed by atoms with Gasteiger partial charge in [0.15, 0.2) is 47.5 Å². The quantitative estimate of drug-likeness (QED) is 0.00951. The lowest BCUT2D eigenvalue weighted by Crippen LogP contribution is -2.69. The molecule has 14 rings (SSSR count). The molecule has 5 aliphatic heterocycles. The molecule has 3 amide bonds. The van der Waals surface area contributed by atoms with Gasteiger partial charge in [-0.15, -0.1) is 0 Å². The van der Waals surface area contributed by atoms with Gasteiger partial charge in [-0.1, -0.05) is 162 Å². The molecule has 0 radical (unpaired) electrons. The third-order valence-corrected chi connectivity index (χ3v) is 33.5. The molecule has 8 heterocycles. The van der Waals surface area contributed by atoms with E-state index in [1.54, 1.807) is 72.4 Å². The second-order valence-corrected chi connectivity index (χ2v) is 50.6. The Kier molecular flexibility index (Phi) is 25.1. The van der Waals surface area contributed by atoms with Crippen LogP contribution >= 0.6 is 6.89 Å². The molecule has 620 valence electrons. The average molecular weight is 1680 g/mol. The maximum absolute atomic E-state index is 15.1. The molecule has 9 aromatic rings. The zero-order valence-electron chi connectivity index (χ0n) is 69.6. The summed E-state index contributed by atoms with van der Waals surface area (Å²) in [5.41, 5.74) is 6.83. The van der Waals surface area contributed by atoms with Gasteiger partial charge in [-0.05, 0) is 172 Å². The van der Waals surface area contributed by atoms with Crippen molar-refractivity contribution in [1.29, 1.82) is 0 Å². The number of carbonyl (C=O) groups is 7. The van der Waals surface area contributed by atoms with Crippen LogP contribution in [0.4, 0.5) is 0 Å². The lowest BCUT2D eigenvalue weighted by molar-refractivity contribution is -0.161. The molecule has 5 aliphatic rings. The summed E-state index contributed by atoms with van der Waals surface area (Å²) >= 11 is 0. The second-order valence-electron chi connectivity index (χ2n) is 33.7. The SMILES string of the molecule is C=CCOC(=O)C(N1C(=O)[C@H]([C@@H](C)O[Si](C)(C)C(C)(C)C)[C@H]1CC(=O)c1ccc2oc(=O)n(C)c2c1)=P(c1ccccc1)(c1ccccc1)c1ccccc1.C=CCOC(=O)C1=C(c2ccc3oc(=O)[nH]c3c2)C[C@@H]2[C@@H]([C@@H](C)O[Si](C)(C)C)C(=O)N12.C=CCOC(=O)C1=C(c2ccc3oc(=O)n(C)c3c2)C[C@@H]2[C@@H]([C@@H](C)O[Si](C)(C)C)C(=O)N12. The number of likely N-dealkylation sites (tertiary alicyclic amines) is 1. The maximum atomic E-state index is 15.1. The molecule has 0 saturated carbocycles. The average Bonchev–Trinajstić information content (AvgIpc) is 0.737. The van der Waals surface area contributed by atoms with Gasteiger partial charge in [-0.3, -0.25) is 33.3 Å². The van der Waals surface area contributed by atoms with Gasteiger partial charge < -0.3 is 55.4 Å². The number of Topliss-reactive ketones (excluding diaryl/α,β-unsaturated/α-hetero) is 1. The molecule has 0 spiro atoms. The van der Waals surface area contributed by atoms with E-state index in [0.29, 0.717) is 57.3 Å². The molecule has 118 heavy (non-hydrogen) atoms. The third-order valence-electron chi connectivity index (χ3n) is 22.5. The first-order chi connectivity index (χ1) is 55.8. The third kappa shape index (κ3) is 16.9. The molecule has 3 aromatic heterocycles. The molecule has 3 fully saturated rings. The number of nitrogens with one attached hydrogen (secondary N) is 1. The van der Waals surface area contributed by atoms with E-state index in [4.69, 9.17) is 40.7 Å². The van der Waals surface area contributed by atoms with Crippen molar-refractivity contribution in [3.63, 3.8) is 0 Å². The van der Waals surface area contributed by atoms with Crippen LogP contribution in [0.25, 0.3) is 44.4 Å². The molecule has 1 N–H and O–H groups in total. The van der Waals surface area contributed by atoms with Crippen LogP contribution in [0.2, 0.25) is 57.4 Å². The topological polar surface area (TPSA) is 301 Å². The summed E-state index contributed by atoms with van der Waals surface area (Å²) in [4.78, 5) is 140. The fourth-order valence-electron chi connectivity index (χ4n) is 16.4. The van der Waals surface area contributed by atoms with Crippen LogP contribution in [0.1, 0.15) is 82.3 Å². The van der Waals surface area contributed by atoms with Gasteiger partial charge in [0, 0.05) is 33.0 Å². The number of hydrogen-bond acceptors (Lipinski definition) is 19. The highest BCUT2D eigenvalue weighted by molar-refractivity contribution is 7.96. The number of aromatic amines is 1. The largest absolute Gasteiger partial charge is 0.457 e. The van der Waals surface area contributed by atoms with Crippen molar-refractivity contribution in [2.45, 2.75) is 155 Å². The number of β-lactam (4-membered cyclic amide) rings is 3. The summed E-state index contributed by atoms with van der Waals surface area (Å²) in [6.07, 6.45) is 4.32. The number of ketones is 1. The van der Waals surface area contributed by atoms with Crippen LogP contribution in [0.5, 0.6) is 0 Å². The van der Waals surface area contributed by atoms with Gasteiger partial charge in [-0.2, -0.15) is 0 Å². The number of amides is 3. The Morgan fingerprint density at radius 1 is 0.525 bits per heavy atom. The molecule has 25 nitrogen and oxygen atoms in total. The van der Waals surface area contributed by atoms with Gasteiger partial charge in [0.2, 0.25) is 17.7 Å². The Balaban J connectivity index is 0.000000174. The molecule has 3 saturated heterocycles. The van der Waals surface area contributed by atoms with E-state index in [-0.39, 0.29) is 108 Å². The number of esters is 3. The predicted octanol–water partition coefficient (Wildman–Crippen LogP) is 12.9. The second kappa shape index (κ2) is 34.2. The van der Waals surface area contributed by atoms with E-state index >= 15 is 4.79 Å². The van der Waals surface area contributed by atoms with Crippen LogP contribution < -0.4 is 33.2 Å². The number of hydrogen-bond donors (Lipinski definition) is 1. The lowest BCUT2D eigenvalue weighted by atomic mass is 9.79. The zero-order valence-corrected chi connectivity index (χ0v) is 73.5. The van der Waals surface area contributed by atoms with E-state index < -0.39 is 85.1 Å². The van der Waals surface area contributed by atoms with Crippen molar-refractivity contribution in [3.05, 3.63) is 243 Å². The van der Waals surface area contributed by atoms with Crippen LogP contribution in [0.15, 0.2) is 223 Å². The summed E-state index contributed by atoms with van der Waals surface area (Å²) in [6, 6.07) is 43.6. The highest BCUT2D eigenvalue weighted by Crippen LogP contribution is 2.53. The van der Waals surface area contributed by atoms with Gasteiger partial charge in [0.25, 0.3) is 0 Å². The molecule has 9 atom stereocenters. The first-order valence-electron chi connectivity index (χ1n) is 39.4. The lowest BCUT2D eigenvalue weighted by Gasteiger charge is -2.53. The van der Waals surface area contributed by atoms with Crippen molar-refractivity contribution < 1.29 is 74.3 Å². The van der Waals surface area contributed by atoms with Crippen molar-refractivity contribution in [2.24, 2.45) is 31.8 Å². The van der Waals surface area contributed by atoms with Crippen LogP contribution in [0.3, 0.4) is 0 Å². The van der Waals surface area contributed by atoms with Crippen molar-refractivity contribution >= 4 is 139 Å². The minimum atomic E-state index is -3.21. The summed E-state index contributed by atoms with van der Waals surface area (Å²) in [6.45, 7) is 36.7. The summed E-state index contributed by atoms with van der Waals surface area (Å²) in [7, 11) is -2.86. The predicted molar refractivity (Wildman–Crippen MR) is 463 cm³/mol. The highest BCUT2D eigenvalue weighted by atomic mass is 31.2. The number of aryl methyl sites for hydroxylation is 2. The molecule has 0 aliphatic carbocycles. The van der Waals surface area contributed by atoms with E-state index in [1.807, 2.05) is 118 Å². The standard InChI is InChI=1S/C44H49N2O7PSi.C23H28N2O6Si.C22H26N2O6Si/c1-9-27-51-42(49)41(54(32-19-13-10-14-20-32,33-21-15-11-16-22-33)34-23-17-12-18-24-34)46-36(39(40(46)48)30(2)53-55(7,8)44(3,4)5)29-37(47)31-25-26-38-35(28-31)45(6)43(50)52-38;1-7-10-29-22(27)20-15(14-8-9-18-16(11-14)24(3)23(28)30-18)12-17-19(21(26)25(17)20)13(2)31-32(4,5)6;1-6-9-28-21(26)19-14(13-7-8-17-15(10-13)23-22(27)29-17)11-16-18(20(25)24(16)19)12(2)30-31(3,4)5/h9-26,28,30,36,39H,1,27,29H2,2-8H3;7-9,11,13,17,19H,1,10,12H2,2-6H3;6-8,10,12,16,18H,1,9,11H2,2-5H3,(H,23,27)/t30-,36-,39-;13-,17-,19-;12-,16-,18-/m111/s1. The number of nitrogens with zero attached hydrogens (tertiary/aromatic N) is 5. The zero-order chi connectivity index (χ0) is 85.6. The van der Waals surface area contributed by atoms with E-state index in [0.717, 1.165) is 32.6 Å². The number of rotatable bonds is 27. The Morgan fingerprint density at radius 2 is 0.941 bits per heavy atom. The molecular formula is C89H103N6O19PSi3.